The van der Waals surface area contributed by atoms with E-state index >= 15 is 0 Å². The lowest BCUT2D eigenvalue weighted by molar-refractivity contribution is 0.102. The molecule has 1 N–H and O–H groups in total. The molecule has 1 aromatic heterocycles. The van der Waals surface area contributed by atoms with Crippen LogP contribution in [0.2, 0.25) is 0 Å². The van der Waals surface area contributed by atoms with Gasteiger partial charge in [-0.2, -0.15) is 0 Å². The van der Waals surface area contributed by atoms with Crippen molar-refractivity contribution < 1.29 is 14.3 Å². The standard InChI is InChI=1S/C20H21N3O3S/c1-3-25-17-9-5-7-15(13-17)19(24)21-20-23-22-18(27-20)10-11-26-16-8-4-6-14(2)12-16/h4-9,12-13H,3,10-11H2,1-2H3,(H,21,23,24). The van der Waals surface area contributed by atoms with Gasteiger partial charge in [-0.1, -0.05) is 29.5 Å². The molecule has 2 aromatic carbocycles. The third kappa shape index (κ3) is 5.52. The fraction of sp³-hybridized carbons (Fsp3) is 0.250. The number of benzene rings is 2. The van der Waals surface area contributed by atoms with Crippen molar-refractivity contribution in [2.24, 2.45) is 0 Å². The van der Waals surface area contributed by atoms with Crippen LogP contribution < -0.4 is 14.8 Å². The molecule has 140 valence electrons. The number of nitrogens with one attached hydrogen (secondary N) is 1. The first-order chi connectivity index (χ1) is 13.1. The van der Waals surface area contributed by atoms with E-state index in [1.807, 2.05) is 44.2 Å². The van der Waals surface area contributed by atoms with E-state index in [0.717, 1.165) is 16.3 Å². The quantitative estimate of drug-likeness (QED) is 0.633. The lowest BCUT2D eigenvalue weighted by Crippen LogP contribution is -2.11. The Bertz CT molecular complexity index is 911. The zero-order valence-corrected chi connectivity index (χ0v) is 16.1. The van der Waals surface area contributed by atoms with E-state index in [0.29, 0.717) is 36.1 Å². The van der Waals surface area contributed by atoms with Crippen LogP contribution in [-0.4, -0.2) is 29.3 Å². The van der Waals surface area contributed by atoms with Gasteiger partial charge in [0.15, 0.2) is 0 Å². The Balaban J connectivity index is 1.53. The normalized spacial score (nSPS) is 10.4. The number of carbonyl (C=O) groups is 1. The Hall–Kier alpha value is -2.93. The van der Waals surface area contributed by atoms with Gasteiger partial charge in [-0.3, -0.25) is 10.1 Å². The molecule has 0 bridgehead atoms. The van der Waals surface area contributed by atoms with Crippen LogP contribution in [0.3, 0.4) is 0 Å². The van der Waals surface area contributed by atoms with Crippen LogP contribution in [0.25, 0.3) is 0 Å². The number of anilines is 1. The summed E-state index contributed by atoms with van der Waals surface area (Å²) in [6.45, 7) is 4.98. The number of rotatable bonds is 8. The molecule has 0 saturated carbocycles. The summed E-state index contributed by atoms with van der Waals surface area (Å²) < 4.78 is 11.1. The fourth-order valence-electron chi connectivity index (χ4n) is 2.43. The highest BCUT2D eigenvalue weighted by Gasteiger charge is 2.11. The van der Waals surface area contributed by atoms with Crippen LogP contribution in [0.4, 0.5) is 5.13 Å². The van der Waals surface area contributed by atoms with Gasteiger partial charge < -0.3 is 9.47 Å². The maximum atomic E-state index is 12.4. The third-order valence-corrected chi connectivity index (χ3v) is 4.57. The predicted octanol–water partition coefficient (Wildman–Crippen LogP) is 4.12. The molecule has 0 aliphatic heterocycles. The van der Waals surface area contributed by atoms with Crippen molar-refractivity contribution >= 4 is 22.4 Å². The third-order valence-electron chi connectivity index (χ3n) is 3.67. The van der Waals surface area contributed by atoms with Gasteiger partial charge in [0.2, 0.25) is 5.13 Å². The molecule has 3 rings (SSSR count). The highest BCUT2D eigenvalue weighted by atomic mass is 32.1. The molecule has 0 atom stereocenters. The Morgan fingerprint density at radius 2 is 1.85 bits per heavy atom. The van der Waals surface area contributed by atoms with E-state index in [1.165, 1.54) is 11.3 Å². The van der Waals surface area contributed by atoms with E-state index in [1.54, 1.807) is 18.2 Å². The number of aryl methyl sites for hydroxylation is 1. The first-order valence-electron chi connectivity index (χ1n) is 8.70. The molecule has 1 heterocycles. The van der Waals surface area contributed by atoms with Gasteiger partial charge >= 0.3 is 0 Å². The molecule has 0 aliphatic rings. The maximum absolute atomic E-state index is 12.4. The first-order valence-corrected chi connectivity index (χ1v) is 9.52. The number of hydrogen-bond acceptors (Lipinski definition) is 6. The van der Waals surface area contributed by atoms with E-state index < -0.39 is 0 Å². The monoisotopic (exact) mass is 383 g/mol. The number of ether oxygens (including phenoxy) is 2. The topological polar surface area (TPSA) is 73.3 Å². The molecular weight excluding hydrogens is 362 g/mol. The van der Waals surface area contributed by atoms with Crippen LogP contribution in [0.1, 0.15) is 27.9 Å². The molecule has 0 fully saturated rings. The molecule has 0 unspecified atom stereocenters. The Kier molecular flexibility index (Phi) is 6.38. The maximum Gasteiger partial charge on any atom is 0.257 e. The minimum Gasteiger partial charge on any atom is -0.494 e. The summed E-state index contributed by atoms with van der Waals surface area (Å²) in [5.41, 5.74) is 1.67. The number of carbonyl (C=O) groups excluding carboxylic acids is 1. The average Bonchev–Trinajstić information content (AvgIpc) is 3.09. The van der Waals surface area contributed by atoms with Gasteiger partial charge in [-0.15, -0.1) is 10.2 Å². The van der Waals surface area contributed by atoms with Crippen LogP contribution >= 0.6 is 11.3 Å². The Labute approximate surface area is 162 Å². The molecule has 0 saturated heterocycles. The molecule has 6 nitrogen and oxygen atoms in total. The number of amides is 1. The van der Waals surface area contributed by atoms with Crippen molar-refractivity contribution in [2.45, 2.75) is 20.3 Å². The second kappa shape index (κ2) is 9.14. The van der Waals surface area contributed by atoms with E-state index in [2.05, 4.69) is 15.5 Å². The number of hydrogen-bond donors (Lipinski definition) is 1. The van der Waals surface area contributed by atoms with Crippen molar-refractivity contribution in [1.29, 1.82) is 0 Å². The molecule has 27 heavy (non-hydrogen) atoms. The second-order valence-electron chi connectivity index (χ2n) is 5.83. The highest BCUT2D eigenvalue weighted by Crippen LogP contribution is 2.19. The van der Waals surface area contributed by atoms with E-state index in [-0.39, 0.29) is 5.91 Å². The summed E-state index contributed by atoms with van der Waals surface area (Å²) in [5.74, 6) is 1.26. The summed E-state index contributed by atoms with van der Waals surface area (Å²) in [6.07, 6.45) is 0.626. The van der Waals surface area contributed by atoms with Crippen LogP contribution in [-0.2, 0) is 6.42 Å². The van der Waals surface area contributed by atoms with Crippen molar-refractivity contribution in [2.75, 3.05) is 18.5 Å². The van der Waals surface area contributed by atoms with Crippen LogP contribution in [0.15, 0.2) is 48.5 Å². The lowest BCUT2D eigenvalue weighted by atomic mass is 10.2. The zero-order chi connectivity index (χ0) is 19.1. The summed E-state index contributed by atoms with van der Waals surface area (Å²) >= 11 is 1.34. The molecular formula is C20H21N3O3S. The van der Waals surface area contributed by atoms with Gasteiger partial charge in [-0.05, 0) is 49.7 Å². The molecule has 7 heteroatoms. The fourth-order valence-corrected chi connectivity index (χ4v) is 3.15. The predicted molar refractivity (Wildman–Crippen MR) is 106 cm³/mol. The van der Waals surface area contributed by atoms with Gasteiger partial charge in [0, 0.05) is 12.0 Å². The number of aromatic nitrogens is 2. The van der Waals surface area contributed by atoms with Gasteiger partial charge in [0.05, 0.1) is 13.2 Å². The number of nitrogens with zero attached hydrogens (tertiary/aromatic N) is 2. The smallest absolute Gasteiger partial charge is 0.257 e. The summed E-state index contributed by atoms with van der Waals surface area (Å²) in [4.78, 5) is 12.4. The Morgan fingerprint density at radius 3 is 2.63 bits per heavy atom. The van der Waals surface area contributed by atoms with Crippen molar-refractivity contribution in [3.05, 3.63) is 64.7 Å². The van der Waals surface area contributed by atoms with Crippen molar-refractivity contribution in [1.82, 2.24) is 10.2 Å². The molecule has 3 aromatic rings. The molecule has 1 amide bonds. The minimum absolute atomic E-state index is 0.240. The van der Waals surface area contributed by atoms with Crippen molar-refractivity contribution in [3.8, 4) is 11.5 Å². The van der Waals surface area contributed by atoms with Crippen molar-refractivity contribution in [3.63, 3.8) is 0 Å². The zero-order valence-electron chi connectivity index (χ0n) is 15.3. The first kappa shape index (κ1) is 18.8. The summed E-state index contributed by atoms with van der Waals surface area (Å²) in [5, 5.41) is 12.2. The van der Waals surface area contributed by atoms with E-state index in [9.17, 15) is 4.79 Å². The van der Waals surface area contributed by atoms with Gasteiger partial charge in [0.25, 0.3) is 5.91 Å². The Morgan fingerprint density at radius 1 is 1.07 bits per heavy atom. The largest absolute Gasteiger partial charge is 0.494 e. The van der Waals surface area contributed by atoms with E-state index in [4.69, 9.17) is 9.47 Å². The highest BCUT2D eigenvalue weighted by molar-refractivity contribution is 7.15. The lowest BCUT2D eigenvalue weighted by Gasteiger charge is -2.05. The van der Waals surface area contributed by atoms with Crippen LogP contribution in [0, 0.1) is 6.92 Å². The molecule has 0 radical (unpaired) electrons. The average molecular weight is 383 g/mol. The summed E-state index contributed by atoms with van der Waals surface area (Å²) in [7, 11) is 0. The van der Waals surface area contributed by atoms with Crippen LogP contribution in [0.5, 0.6) is 11.5 Å². The molecule has 0 aliphatic carbocycles. The SMILES string of the molecule is CCOc1cccc(C(=O)Nc2nnc(CCOc3cccc(C)c3)s2)c1. The molecule has 0 spiro atoms. The second-order valence-corrected chi connectivity index (χ2v) is 6.89. The van der Waals surface area contributed by atoms with Gasteiger partial charge in [-0.25, -0.2) is 0 Å². The van der Waals surface area contributed by atoms with Gasteiger partial charge in [0.1, 0.15) is 16.5 Å². The minimum atomic E-state index is -0.240. The summed E-state index contributed by atoms with van der Waals surface area (Å²) in [6, 6.07) is 14.9.